The van der Waals surface area contributed by atoms with Crippen LogP contribution in [0.15, 0.2) is 12.1 Å². The molecule has 1 amide bonds. The number of nitrogens with one attached hydrogen (secondary N) is 1. The van der Waals surface area contributed by atoms with Crippen molar-refractivity contribution >= 4 is 33.4 Å². The third-order valence-electron chi connectivity index (χ3n) is 2.60. The minimum absolute atomic E-state index is 0.317. The van der Waals surface area contributed by atoms with Crippen molar-refractivity contribution in [3.05, 3.63) is 34.4 Å². The van der Waals surface area contributed by atoms with Crippen molar-refractivity contribution < 1.29 is 13.6 Å². The predicted octanol–water partition coefficient (Wildman–Crippen LogP) is 4.30. The third-order valence-corrected chi connectivity index (χ3v) is 3.45. The Balaban J connectivity index is 2.43. The Kier molecular flexibility index (Phi) is 7.31. The van der Waals surface area contributed by atoms with Crippen LogP contribution in [0.5, 0.6) is 0 Å². The first-order valence-electron chi connectivity index (χ1n) is 6.05. The summed E-state index contributed by atoms with van der Waals surface area (Å²) in [5.41, 5.74) is -0.317. The highest BCUT2D eigenvalue weighted by molar-refractivity contribution is 9.09. The van der Waals surface area contributed by atoms with Gasteiger partial charge >= 0.3 is 0 Å². The zero-order valence-electron chi connectivity index (χ0n) is 10.3. The number of carbonyl (C=O) groups excluding carboxylic acids is 1. The number of amides is 1. The Bertz CT molecular complexity index is 443. The van der Waals surface area contributed by atoms with Gasteiger partial charge in [0.25, 0.3) is 5.91 Å². The van der Waals surface area contributed by atoms with Crippen molar-refractivity contribution in [2.45, 2.75) is 25.7 Å². The highest BCUT2D eigenvalue weighted by atomic mass is 79.9. The first-order chi connectivity index (χ1) is 9.06. The van der Waals surface area contributed by atoms with Gasteiger partial charge in [-0.05, 0) is 25.0 Å². The Morgan fingerprint density at radius 2 is 1.84 bits per heavy atom. The summed E-state index contributed by atoms with van der Waals surface area (Å²) in [5, 5.41) is 3.20. The van der Waals surface area contributed by atoms with E-state index in [1.165, 1.54) is 0 Å². The van der Waals surface area contributed by atoms with Gasteiger partial charge in [-0.15, -0.1) is 0 Å². The van der Waals surface area contributed by atoms with Crippen LogP contribution in [0.4, 0.5) is 8.78 Å². The van der Waals surface area contributed by atoms with Crippen LogP contribution in [0.3, 0.4) is 0 Å². The average Bonchev–Trinajstić information content (AvgIpc) is 2.37. The minimum Gasteiger partial charge on any atom is -0.352 e. The van der Waals surface area contributed by atoms with E-state index in [4.69, 9.17) is 11.6 Å². The van der Waals surface area contributed by atoms with Crippen LogP contribution in [0.25, 0.3) is 0 Å². The van der Waals surface area contributed by atoms with Gasteiger partial charge in [0.2, 0.25) is 0 Å². The van der Waals surface area contributed by atoms with E-state index in [1.54, 1.807) is 0 Å². The molecule has 0 unspecified atom stereocenters. The molecule has 0 atom stereocenters. The van der Waals surface area contributed by atoms with E-state index in [-0.39, 0.29) is 10.6 Å². The molecule has 0 aliphatic heterocycles. The molecule has 1 aromatic rings. The van der Waals surface area contributed by atoms with E-state index in [0.717, 1.165) is 43.1 Å². The van der Waals surface area contributed by atoms with Gasteiger partial charge in [-0.25, -0.2) is 8.78 Å². The molecule has 1 rings (SSSR count). The van der Waals surface area contributed by atoms with Gasteiger partial charge in [-0.3, -0.25) is 4.79 Å². The molecule has 6 heteroatoms. The summed E-state index contributed by atoms with van der Waals surface area (Å²) >= 11 is 8.75. The molecule has 106 valence electrons. The monoisotopic (exact) mass is 353 g/mol. The lowest BCUT2D eigenvalue weighted by Gasteiger charge is -2.07. The van der Waals surface area contributed by atoms with E-state index in [1.807, 2.05) is 0 Å². The maximum Gasteiger partial charge on any atom is 0.254 e. The second-order valence-corrected chi connectivity index (χ2v) is 5.31. The summed E-state index contributed by atoms with van der Waals surface area (Å²) < 4.78 is 26.6. The molecule has 0 aliphatic carbocycles. The fourth-order valence-corrected chi connectivity index (χ4v) is 2.11. The van der Waals surface area contributed by atoms with Gasteiger partial charge in [0, 0.05) is 11.9 Å². The number of rotatable bonds is 7. The van der Waals surface area contributed by atoms with Crippen molar-refractivity contribution in [1.29, 1.82) is 0 Å². The van der Waals surface area contributed by atoms with E-state index in [0.29, 0.717) is 6.54 Å². The summed E-state index contributed by atoms with van der Waals surface area (Å²) in [7, 11) is 0. The highest BCUT2D eigenvalue weighted by Crippen LogP contribution is 2.19. The lowest BCUT2D eigenvalue weighted by molar-refractivity contribution is 0.0948. The van der Waals surface area contributed by atoms with Crippen molar-refractivity contribution in [3.8, 4) is 0 Å². The van der Waals surface area contributed by atoms with Gasteiger partial charge in [0.05, 0.1) is 10.6 Å². The molecular weight excluding hydrogens is 340 g/mol. The Hall–Kier alpha value is -0.680. The summed E-state index contributed by atoms with van der Waals surface area (Å²) in [6.45, 7) is 0.449. The largest absolute Gasteiger partial charge is 0.352 e. The van der Waals surface area contributed by atoms with Crippen molar-refractivity contribution in [1.82, 2.24) is 5.32 Å². The van der Waals surface area contributed by atoms with E-state index >= 15 is 0 Å². The van der Waals surface area contributed by atoms with Crippen LogP contribution in [-0.4, -0.2) is 17.8 Å². The second kappa shape index (κ2) is 8.48. The molecule has 19 heavy (non-hydrogen) atoms. The van der Waals surface area contributed by atoms with Gasteiger partial charge < -0.3 is 5.32 Å². The zero-order valence-corrected chi connectivity index (χ0v) is 12.7. The highest BCUT2D eigenvalue weighted by Gasteiger charge is 2.14. The van der Waals surface area contributed by atoms with Crippen molar-refractivity contribution in [2.24, 2.45) is 0 Å². The standard InChI is InChI=1S/C13H15BrClF2NO/c14-5-3-1-2-4-6-18-13(19)9-7-12(17)10(15)8-11(9)16/h7-8H,1-6H2,(H,18,19). The molecule has 0 aliphatic rings. The molecule has 0 aromatic heterocycles. The van der Waals surface area contributed by atoms with E-state index in [2.05, 4.69) is 21.2 Å². The van der Waals surface area contributed by atoms with Crippen molar-refractivity contribution in [2.75, 3.05) is 11.9 Å². The predicted molar refractivity (Wildman–Crippen MR) is 76.0 cm³/mol. The molecule has 0 radical (unpaired) electrons. The molecule has 0 bridgehead atoms. The fraction of sp³-hybridized carbons (Fsp3) is 0.462. The Morgan fingerprint density at radius 3 is 2.53 bits per heavy atom. The Morgan fingerprint density at radius 1 is 1.16 bits per heavy atom. The zero-order chi connectivity index (χ0) is 14.3. The summed E-state index contributed by atoms with van der Waals surface area (Å²) in [6, 6.07) is 1.62. The number of halogens is 4. The summed E-state index contributed by atoms with van der Waals surface area (Å²) in [6.07, 6.45) is 3.97. The smallest absolute Gasteiger partial charge is 0.254 e. The fourth-order valence-electron chi connectivity index (χ4n) is 1.57. The van der Waals surface area contributed by atoms with Crippen LogP contribution in [0.1, 0.15) is 36.0 Å². The average molecular weight is 355 g/mol. The summed E-state index contributed by atoms with van der Waals surface area (Å²) in [4.78, 5) is 11.6. The van der Waals surface area contributed by atoms with E-state index in [9.17, 15) is 13.6 Å². The normalized spacial score (nSPS) is 10.5. The molecule has 0 saturated carbocycles. The number of benzene rings is 1. The van der Waals surface area contributed by atoms with Crippen LogP contribution < -0.4 is 5.32 Å². The first kappa shape index (κ1) is 16.4. The van der Waals surface area contributed by atoms with Crippen LogP contribution in [0, 0.1) is 11.6 Å². The molecule has 0 spiro atoms. The van der Waals surface area contributed by atoms with Crippen LogP contribution >= 0.6 is 27.5 Å². The molecule has 0 saturated heterocycles. The topological polar surface area (TPSA) is 29.1 Å². The number of alkyl halides is 1. The molecule has 0 fully saturated rings. The van der Waals surface area contributed by atoms with Gasteiger partial charge in [-0.2, -0.15) is 0 Å². The van der Waals surface area contributed by atoms with Crippen molar-refractivity contribution in [3.63, 3.8) is 0 Å². The number of hydrogen-bond donors (Lipinski definition) is 1. The number of carbonyl (C=O) groups is 1. The SMILES string of the molecule is O=C(NCCCCCCBr)c1cc(F)c(Cl)cc1F. The maximum atomic E-state index is 13.4. The van der Waals surface area contributed by atoms with Gasteiger partial charge in [-0.1, -0.05) is 40.4 Å². The molecular formula is C13H15BrClF2NO. The molecule has 2 nitrogen and oxygen atoms in total. The minimum atomic E-state index is -0.816. The third kappa shape index (κ3) is 5.45. The first-order valence-corrected chi connectivity index (χ1v) is 7.55. The van der Waals surface area contributed by atoms with Crippen LogP contribution in [-0.2, 0) is 0 Å². The second-order valence-electron chi connectivity index (χ2n) is 4.11. The molecule has 1 N–H and O–H groups in total. The van der Waals surface area contributed by atoms with Gasteiger partial charge in [0.15, 0.2) is 0 Å². The lowest BCUT2D eigenvalue weighted by atomic mass is 10.1. The Labute approximate surface area is 124 Å². The maximum absolute atomic E-state index is 13.4. The molecule has 0 heterocycles. The summed E-state index contributed by atoms with van der Waals surface area (Å²) in [5.74, 6) is -2.23. The lowest BCUT2D eigenvalue weighted by Crippen LogP contribution is -2.25. The van der Waals surface area contributed by atoms with Crippen LogP contribution in [0.2, 0.25) is 5.02 Å². The molecule has 1 aromatic carbocycles. The quantitative estimate of drug-likeness (QED) is 0.441. The number of unbranched alkanes of at least 4 members (excludes halogenated alkanes) is 3. The number of hydrogen-bond acceptors (Lipinski definition) is 1. The van der Waals surface area contributed by atoms with E-state index < -0.39 is 17.5 Å². The van der Waals surface area contributed by atoms with Gasteiger partial charge in [0.1, 0.15) is 11.6 Å².